The van der Waals surface area contributed by atoms with E-state index in [4.69, 9.17) is 0 Å². The zero-order valence-corrected chi connectivity index (χ0v) is 11.3. The topological polar surface area (TPSA) is 98.7 Å². The normalized spacial score (nSPS) is 23.7. The van der Waals surface area contributed by atoms with Crippen LogP contribution in [0, 0.1) is 5.92 Å². The molecule has 0 aromatic carbocycles. The van der Waals surface area contributed by atoms with Crippen LogP contribution < -0.4 is 10.9 Å². The lowest BCUT2D eigenvalue weighted by molar-refractivity contribution is -0.146. The van der Waals surface area contributed by atoms with Crippen molar-refractivity contribution in [1.82, 2.24) is 15.8 Å². The number of piperidine rings is 1. The summed E-state index contributed by atoms with van der Waals surface area (Å²) in [7, 11) is 0. The lowest BCUT2D eigenvalue weighted by Crippen LogP contribution is -2.52. The average Bonchev–Trinajstić information content (AvgIpc) is 2.36. The van der Waals surface area contributed by atoms with Crippen LogP contribution in [-0.2, 0) is 14.4 Å². The Morgan fingerprint density at radius 2 is 2.00 bits per heavy atom. The number of carboxylic acid groups (broad SMARTS) is 1. The van der Waals surface area contributed by atoms with Crippen molar-refractivity contribution < 1.29 is 19.5 Å². The minimum absolute atomic E-state index is 0.0202. The number of amides is 2. The van der Waals surface area contributed by atoms with Crippen molar-refractivity contribution in [3.05, 3.63) is 0 Å². The van der Waals surface area contributed by atoms with Gasteiger partial charge < -0.3 is 5.11 Å². The second-order valence-corrected chi connectivity index (χ2v) is 4.85. The summed E-state index contributed by atoms with van der Waals surface area (Å²) >= 11 is 0. The van der Waals surface area contributed by atoms with Crippen LogP contribution in [0.4, 0.5) is 0 Å². The Morgan fingerprint density at radius 1 is 1.32 bits per heavy atom. The second-order valence-electron chi connectivity index (χ2n) is 4.85. The van der Waals surface area contributed by atoms with E-state index in [9.17, 15) is 19.5 Å². The molecule has 0 aromatic rings. The van der Waals surface area contributed by atoms with Gasteiger partial charge in [0.2, 0.25) is 5.91 Å². The number of carbonyl (C=O) groups excluding carboxylic acids is 2. The van der Waals surface area contributed by atoms with Gasteiger partial charge in [-0.15, -0.1) is 0 Å². The van der Waals surface area contributed by atoms with Gasteiger partial charge in [-0.1, -0.05) is 13.3 Å². The molecule has 19 heavy (non-hydrogen) atoms. The molecule has 2 atom stereocenters. The van der Waals surface area contributed by atoms with E-state index in [-0.39, 0.29) is 12.5 Å². The Hall–Kier alpha value is -1.63. The molecule has 0 spiro atoms. The van der Waals surface area contributed by atoms with Crippen molar-refractivity contribution in [2.75, 3.05) is 13.1 Å². The summed E-state index contributed by atoms with van der Waals surface area (Å²) in [6.07, 6.45) is 2.42. The first-order valence-corrected chi connectivity index (χ1v) is 6.46. The fourth-order valence-corrected chi connectivity index (χ4v) is 2.29. The number of hydrazine groups is 1. The molecule has 1 heterocycles. The molecule has 1 fully saturated rings. The van der Waals surface area contributed by atoms with E-state index in [2.05, 4.69) is 10.9 Å². The van der Waals surface area contributed by atoms with E-state index in [1.54, 1.807) is 4.90 Å². The van der Waals surface area contributed by atoms with Crippen LogP contribution in [0.2, 0.25) is 0 Å². The molecule has 0 radical (unpaired) electrons. The number of carbonyl (C=O) groups is 3. The molecule has 1 saturated heterocycles. The van der Waals surface area contributed by atoms with Crippen LogP contribution in [0.1, 0.15) is 33.1 Å². The minimum atomic E-state index is -0.898. The van der Waals surface area contributed by atoms with Crippen LogP contribution in [-0.4, -0.2) is 46.9 Å². The van der Waals surface area contributed by atoms with Crippen LogP contribution in [0.25, 0.3) is 0 Å². The zero-order valence-electron chi connectivity index (χ0n) is 11.3. The van der Waals surface area contributed by atoms with Gasteiger partial charge in [0.25, 0.3) is 5.91 Å². The molecule has 1 aliphatic rings. The van der Waals surface area contributed by atoms with Gasteiger partial charge in [0, 0.05) is 6.92 Å². The largest absolute Gasteiger partial charge is 0.480 e. The summed E-state index contributed by atoms with van der Waals surface area (Å²) in [5.74, 6) is -1.27. The Labute approximate surface area is 112 Å². The van der Waals surface area contributed by atoms with E-state index in [1.807, 2.05) is 6.92 Å². The highest BCUT2D eigenvalue weighted by atomic mass is 16.4. The molecule has 0 aromatic heterocycles. The average molecular weight is 271 g/mol. The number of nitrogens with zero attached hydrogens (tertiary/aromatic N) is 1. The molecular weight excluding hydrogens is 250 g/mol. The van der Waals surface area contributed by atoms with Gasteiger partial charge >= 0.3 is 5.97 Å². The number of likely N-dealkylation sites (tertiary alicyclic amines) is 1. The van der Waals surface area contributed by atoms with Gasteiger partial charge in [-0.05, 0) is 25.3 Å². The molecule has 0 bridgehead atoms. The maximum absolute atomic E-state index is 11.6. The van der Waals surface area contributed by atoms with Gasteiger partial charge in [0.15, 0.2) is 0 Å². The SMILES string of the molecule is CCC1CCN(CC(=O)NNC(C)=O)C(C(=O)O)C1. The van der Waals surface area contributed by atoms with Crippen molar-refractivity contribution >= 4 is 17.8 Å². The third-order valence-corrected chi connectivity index (χ3v) is 3.41. The molecule has 3 N–H and O–H groups in total. The standard InChI is InChI=1S/C12H21N3O4/c1-3-9-4-5-15(10(6-9)12(18)19)7-11(17)14-13-8(2)16/h9-10H,3-7H2,1-2H3,(H,13,16)(H,14,17)(H,18,19). The van der Waals surface area contributed by atoms with Crippen LogP contribution in [0.15, 0.2) is 0 Å². The Morgan fingerprint density at radius 3 is 2.53 bits per heavy atom. The minimum Gasteiger partial charge on any atom is -0.480 e. The van der Waals surface area contributed by atoms with Crippen LogP contribution in [0.3, 0.4) is 0 Å². The maximum Gasteiger partial charge on any atom is 0.320 e. The van der Waals surface area contributed by atoms with E-state index in [0.717, 1.165) is 12.8 Å². The van der Waals surface area contributed by atoms with E-state index < -0.39 is 17.9 Å². The molecule has 1 aliphatic heterocycles. The van der Waals surface area contributed by atoms with Gasteiger partial charge in [0.1, 0.15) is 6.04 Å². The third-order valence-electron chi connectivity index (χ3n) is 3.41. The summed E-state index contributed by atoms with van der Waals surface area (Å²) in [4.78, 5) is 35.1. The molecule has 2 amide bonds. The molecule has 108 valence electrons. The van der Waals surface area contributed by atoms with Crippen LogP contribution >= 0.6 is 0 Å². The number of hydrogen-bond acceptors (Lipinski definition) is 4. The summed E-state index contributed by atoms with van der Waals surface area (Å²) in [6.45, 7) is 3.90. The zero-order chi connectivity index (χ0) is 14.4. The Bertz CT molecular complexity index is 359. The molecule has 7 heteroatoms. The highest BCUT2D eigenvalue weighted by Gasteiger charge is 2.33. The molecule has 0 aliphatic carbocycles. The summed E-state index contributed by atoms with van der Waals surface area (Å²) < 4.78 is 0. The van der Waals surface area contributed by atoms with Crippen molar-refractivity contribution in [2.45, 2.75) is 39.2 Å². The molecular formula is C12H21N3O4. The molecule has 7 nitrogen and oxygen atoms in total. The predicted molar refractivity (Wildman–Crippen MR) is 68.0 cm³/mol. The second kappa shape index (κ2) is 7.08. The lowest BCUT2D eigenvalue weighted by atomic mass is 9.89. The molecule has 1 rings (SSSR count). The first-order chi connectivity index (χ1) is 8.93. The fraction of sp³-hybridized carbons (Fsp3) is 0.750. The van der Waals surface area contributed by atoms with Crippen molar-refractivity contribution in [2.24, 2.45) is 5.92 Å². The number of hydrogen-bond donors (Lipinski definition) is 3. The molecule has 0 saturated carbocycles. The van der Waals surface area contributed by atoms with Gasteiger partial charge in [-0.2, -0.15) is 0 Å². The van der Waals surface area contributed by atoms with Crippen LogP contribution in [0.5, 0.6) is 0 Å². The Balaban J connectivity index is 2.53. The molecule has 2 unspecified atom stereocenters. The summed E-state index contributed by atoms with van der Waals surface area (Å²) in [5, 5.41) is 9.21. The maximum atomic E-state index is 11.6. The monoisotopic (exact) mass is 271 g/mol. The highest BCUT2D eigenvalue weighted by molar-refractivity contribution is 5.82. The Kier molecular flexibility index (Phi) is 5.75. The van der Waals surface area contributed by atoms with E-state index in [0.29, 0.717) is 18.9 Å². The summed E-state index contributed by atoms with van der Waals surface area (Å²) in [5.41, 5.74) is 4.43. The summed E-state index contributed by atoms with van der Waals surface area (Å²) in [6, 6.07) is -0.623. The van der Waals surface area contributed by atoms with Gasteiger partial charge in [-0.25, -0.2) is 0 Å². The smallest absolute Gasteiger partial charge is 0.320 e. The fourth-order valence-electron chi connectivity index (χ4n) is 2.29. The van der Waals surface area contributed by atoms with Gasteiger partial charge in [0.05, 0.1) is 6.54 Å². The third kappa shape index (κ3) is 4.86. The highest BCUT2D eigenvalue weighted by Crippen LogP contribution is 2.25. The number of nitrogens with one attached hydrogen (secondary N) is 2. The first-order valence-electron chi connectivity index (χ1n) is 6.46. The lowest BCUT2D eigenvalue weighted by Gasteiger charge is -2.36. The predicted octanol–water partition coefficient (Wildman–Crippen LogP) is -0.271. The van der Waals surface area contributed by atoms with E-state index in [1.165, 1.54) is 6.92 Å². The van der Waals surface area contributed by atoms with Crippen molar-refractivity contribution in [3.63, 3.8) is 0 Å². The quantitative estimate of drug-likeness (QED) is 0.611. The van der Waals surface area contributed by atoms with E-state index >= 15 is 0 Å². The van der Waals surface area contributed by atoms with Gasteiger partial charge in [-0.3, -0.25) is 30.1 Å². The first kappa shape index (κ1) is 15.4. The number of rotatable bonds is 4. The number of carboxylic acids is 1. The van der Waals surface area contributed by atoms with Crippen molar-refractivity contribution in [3.8, 4) is 0 Å². The number of aliphatic carboxylic acids is 1. The van der Waals surface area contributed by atoms with Crippen molar-refractivity contribution in [1.29, 1.82) is 0 Å².